The smallest absolute Gasteiger partial charge is 0.0758 e. The van der Waals surface area contributed by atoms with Crippen molar-refractivity contribution in [1.82, 2.24) is 0 Å². The third-order valence-corrected chi connectivity index (χ3v) is 11.2. The number of hydrogen-bond acceptors (Lipinski definition) is 1. The van der Waals surface area contributed by atoms with E-state index in [1.807, 2.05) is 0 Å². The standard InChI is InChI=1S/C36H58O/c1-6-7-8-13-16-27(2)17-14-11-9-10-12-15-24-36(37)26-35(5)29(4)19-23-33(35)32-22-20-30-25-28(3)18-21-31(30)34(32)36/h12,15,18,21,25,27,29,32-34,37H,6-11,13-14,16-17,19-20,22-24,26H2,1-5H3/t27?,29-,32?,33?,34?,35+,36-/m0/s1. The van der Waals surface area contributed by atoms with E-state index in [2.05, 4.69) is 65.0 Å². The molecule has 0 aromatic heterocycles. The number of rotatable bonds is 13. The average molecular weight is 507 g/mol. The van der Waals surface area contributed by atoms with Gasteiger partial charge in [0.15, 0.2) is 0 Å². The van der Waals surface area contributed by atoms with Crippen LogP contribution < -0.4 is 0 Å². The Kier molecular flexibility index (Phi) is 10.0. The predicted molar refractivity (Wildman–Crippen MR) is 160 cm³/mol. The van der Waals surface area contributed by atoms with Crippen LogP contribution in [0.15, 0.2) is 30.4 Å². The molecule has 1 N–H and O–H groups in total. The number of allylic oxidation sites excluding steroid dienone is 1. The molecular formula is C36H58O. The Hall–Kier alpha value is -1.08. The fourth-order valence-electron chi connectivity index (χ4n) is 8.93. The van der Waals surface area contributed by atoms with Gasteiger partial charge in [-0.15, -0.1) is 0 Å². The van der Waals surface area contributed by atoms with Crippen LogP contribution >= 0.6 is 0 Å². The minimum absolute atomic E-state index is 0.291. The van der Waals surface area contributed by atoms with E-state index in [9.17, 15) is 5.11 Å². The van der Waals surface area contributed by atoms with Crippen molar-refractivity contribution in [2.75, 3.05) is 0 Å². The molecule has 3 aliphatic rings. The van der Waals surface area contributed by atoms with Crippen molar-refractivity contribution >= 4 is 0 Å². The molecule has 0 aliphatic heterocycles. The van der Waals surface area contributed by atoms with Crippen LogP contribution in [0.25, 0.3) is 0 Å². The average Bonchev–Trinajstić information content (AvgIpc) is 3.16. The number of benzene rings is 1. The third-order valence-electron chi connectivity index (χ3n) is 11.2. The summed E-state index contributed by atoms with van der Waals surface area (Å²) >= 11 is 0. The van der Waals surface area contributed by atoms with E-state index < -0.39 is 5.60 Å². The van der Waals surface area contributed by atoms with Crippen LogP contribution in [-0.4, -0.2) is 10.7 Å². The van der Waals surface area contributed by atoms with E-state index in [4.69, 9.17) is 0 Å². The van der Waals surface area contributed by atoms with Gasteiger partial charge in [-0.3, -0.25) is 0 Å². The second-order valence-electron chi connectivity index (χ2n) is 14.0. The van der Waals surface area contributed by atoms with Crippen LogP contribution in [0.1, 0.15) is 147 Å². The van der Waals surface area contributed by atoms with Crippen LogP contribution in [0.3, 0.4) is 0 Å². The Morgan fingerprint density at radius 1 is 1.00 bits per heavy atom. The maximum atomic E-state index is 12.5. The molecule has 4 unspecified atom stereocenters. The van der Waals surface area contributed by atoms with Crippen LogP contribution in [-0.2, 0) is 6.42 Å². The first-order valence-corrected chi connectivity index (χ1v) is 16.3. The molecule has 4 rings (SSSR count). The van der Waals surface area contributed by atoms with Gasteiger partial charge in [-0.05, 0) is 98.5 Å². The second-order valence-corrected chi connectivity index (χ2v) is 14.0. The summed E-state index contributed by atoms with van der Waals surface area (Å²) in [5.74, 6) is 3.35. The fraction of sp³-hybridized carbons (Fsp3) is 0.778. The quantitative estimate of drug-likeness (QED) is 0.208. The lowest BCUT2D eigenvalue weighted by molar-refractivity contribution is -0.122. The van der Waals surface area contributed by atoms with E-state index in [1.54, 1.807) is 0 Å². The van der Waals surface area contributed by atoms with Crippen molar-refractivity contribution in [2.24, 2.45) is 29.1 Å². The van der Waals surface area contributed by atoms with Crippen molar-refractivity contribution < 1.29 is 5.11 Å². The zero-order valence-electron chi connectivity index (χ0n) is 25.0. The SMILES string of the molecule is CCCCCCC(C)CCCCCC=CC[C@]1(O)C[C@@]2(C)C(CC[C@@H]2C)C2CCc3cc(C)ccc3C21. The molecule has 7 atom stereocenters. The van der Waals surface area contributed by atoms with Crippen LogP contribution in [0.2, 0.25) is 0 Å². The van der Waals surface area contributed by atoms with Gasteiger partial charge in [0.2, 0.25) is 0 Å². The molecule has 0 amide bonds. The molecule has 208 valence electrons. The van der Waals surface area contributed by atoms with Gasteiger partial charge in [0.25, 0.3) is 0 Å². The highest BCUT2D eigenvalue weighted by molar-refractivity contribution is 5.40. The minimum Gasteiger partial charge on any atom is -0.389 e. The summed E-state index contributed by atoms with van der Waals surface area (Å²) in [5.41, 5.74) is 4.03. The molecule has 0 saturated heterocycles. The van der Waals surface area contributed by atoms with Crippen molar-refractivity contribution in [1.29, 1.82) is 0 Å². The van der Waals surface area contributed by atoms with Crippen LogP contribution in [0.5, 0.6) is 0 Å². The first-order valence-electron chi connectivity index (χ1n) is 16.3. The Morgan fingerprint density at radius 2 is 1.76 bits per heavy atom. The van der Waals surface area contributed by atoms with Gasteiger partial charge in [-0.2, -0.15) is 0 Å². The fourth-order valence-corrected chi connectivity index (χ4v) is 8.93. The van der Waals surface area contributed by atoms with E-state index in [0.29, 0.717) is 17.3 Å². The lowest BCUT2D eigenvalue weighted by Gasteiger charge is -2.58. The Balaban J connectivity index is 1.33. The summed E-state index contributed by atoms with van der Waals surface area (Å²) in [7, 11) is 0. The maximum absolute atomic E-state index is 12.5. The largest absolute Gasteiger partial charge is 0.389 e. The molecule has 0 heterocycles. The van der Waals surface area contributed by atoms with Gasteiger partial charge < -0.3 is 5.11 Å². The number of unbranched alkanes of at least 4 members (excludes halogenated alkanes) is 6. The molecule has 3 aliphatic carbocycles. The van der Waals surface area contributed by atoms with E-state index in [-0.39, 0.29) is 0 Å². The van der Waals surface area contributed by atoms with Gasteiger partial charge >= 0.3 is 0 Å². The van der Waals surface area contributed by atoms with Gasteiger partial charge in [-0.1, -0.05) is 115 Å². The van der Waals surface area contributed by atoms with Crippen molar-refractivity contribution in [2.45, 2.75) is 149 Å². The Morgan fingerprint density at radius 3 is 2.51 bits per heavy atom. The van der Waals surface area contributed by atoms with E-state index in [1.165, 1.54) is 107 Å². The number of hydrogen-bond donors (Lipinski definition) is 1. The maximum Gasteiger partial charge on any atom is 0.0758 e. The predicted octanol–water partition coefficient (Wildman–Crippen LogP) is 10.3. The molecule has 2 saturated carbocycles. The third kappa shape index (κ3) is 6.57. The van der Waals surface area contributed by atoms with Crippen LogP contribution in [0, 0.1) is 36.0 Å². The monoisotopic (exact) mass is 506 g/mol. The molecule has 0 bridgehead atoms. The summed E-state index contributed by atoms with van der Waals surface area (Å²) < 4.78 is 0. The summed E-state index contributed by atoms with van der Waals surface area (Å²) in [4.78, 5) is 0. The molecule has 1 aromatic carbocycles. The molecule has 2 fully saturated rings. The number of aliphatic hydroxyl groups is 1. The van der Waals surface area contributed by atoms with Gasteiger partial charge in [0.05, 0.1) is 5.60 Å². The molecule has 37 heavy (non-hydrogen) atoms. The zero-order valence-corrected chi connectivity index (χ0v) is 25.0. The van der Waals surface area contributed by atoms with E-state index in [0.717, 1.165) is 30.6 Å². The Bertz CT molecular complexity index is 885. The van der Waals surface area contributed by atoms with Crippen molar-refractivity contribution in [3.63, 3.8) is 0 Å². The molecule has 1 aromatic rings. The van der Waals surface area contributed by atoms with Gasteiger partial charge in [-0.25, -0.2) is 0 Å². The summed E-state index contributed by atoms with van der Waals surface area (Å²) in [6, 6.07) is 7.07. The topological polar surface area (TPSA) is 20.2 Å². The summed E-state index contributed by atoms with van der Waals surface area (Å²) in [6.45, 7) is 11.9. The summed E-state index contributed by atoms with van der Waals surface area (Å²) in [5, 5.41) is 12.5. The van der Waals surface area contributed by atoms with Crippen LogP contribution in [0.4, 0.5) is 0 Å². The first kappa shape index (κ1) is 28.9. The molecular weight excluding hydrogens is 448 g/mol. The molecule has 0 radical (unpaired) electrons. The minimum atomic E-state index is -0.608. The highest BCUT2D eigenvalue weighted by atomic mass is 16.3. The van der Waals surface area contributed by atoms with Crippen molar-refractivity contribution in [3.8, 4) is 0 Å². The highest BCUT2D eigenvalue weighted by Gasteiger charge is 2.61. The zero-order chi connectivity index (χ0) is 26.5. The lowest BCUT2D eigenvalue weighted by atomic mass is 9.49. The van der Waals surface area contributed by atoms with Gasteiger partial charge in [0.1, 0.15) is 0 Å². The van der Waals surface area contributed by atoms with E-state index >= 15 is 0 Å². The highest BCUT2D eigenvalue weighted by Crippen LogP contribution is 2.66. The normalized spacial score (nSPS) is 33.8. The molecule has 0 spiro atoms. The first-order chi connectivity index (χ1) is 17.8. The van der Waals surface area contributed by atoms with Gasteiger partial charge in [0, 0.05) is 5.92 Å². The lowest BCUT2D eigenvalue weighted by Crippen LogP contribution is -2.55. The molecule has 1 heteroatoms. The number of aryl methyl sites for hydroxylation is 2. The second kappa shape index (κ2) is 12.8. The summed E-state index contributed by atoms with van der Waals surface area (Å²) in [6.07, 6.45) is 25.3. The Labute approximate surface area is 229 Å². The number of fused-ring (bicyclic) bond motifs is 5. The molecule has 1 nitrogen and oxygen atoms in total. The van der Waals surface area contributed by atoms with Crippen molar-refractivity contribution in [3.05, 3.63) is 47.0 Å².